The van der Waals surface area contributed by atoms with Crippen LogP contribution in [-0.2, 0) is 22.1 Å². The van der Waals surface area contributed by atoms with Crippen LogP contribution in [0.15, 0.2) is 6.20 Å². The number of nitrogens with zero attached hydrogens (tertiary/aromatic N) is 2. The van der Waals surface area contributed by atoms with Crippen LogP contribution in [-0.4, -0.2) is 29.6 Å². The van der Waals surface area contributed by atoms with E-state index in [9.17, 15) is 0 Å². The van der Waals surface area contributed by atoms with Gasteiger partial charge in [-0.05, 0) is 19.8 Å². The predicted octanol–water partition coefficient (Wildman–Crippen LogP) is 1.56. The van der Waals surface area contributed by atoms with Gasteiger partial charge in [0, 0.05) is 37.9 Å². The number of epoxide rings is 1. The molecule has 2 saturated heterocycles. The molecule has 2 aliphatic rings. The molecule has 3 rings (SSSR count). The highest BCUT2D eigenvalue weighted by Gasteiger charge is 2.45. The summed E-state index contributed by atoms with van der Waals surface area (Å²) >= 11 is 0. The maximum Gasteiger partial charge on any atom is 0.117 e. The molecule has 1 atom stereocenters. The molecule has 2 aliphatic heterocycles. The number of aromatic nitrogens is 2. The molecule has 1 unspecified atom stereocenters. The van der Waals surface area contributed by atoms with E-state index < -0.39 is 0 Å². The Morgan fingerprint density at radius 3 is 2.75 bits per heavy atom. The number of aryl methyl sites for hydroxylation is 1. The smallest absolute Gasteiger partial charge is 0.117 e. The molecule has 0 amide bonds. The van der Waals surface area contributed by atoms with E-state index in [1.807, 2.05) is 11.7 Å². The van der Waals surface area contributed by atoms with E-state index in [1.54, 1.807) is 0 Å². The molecule has 0 aromatic carbocycles. The summed E-state index contributed by atoms with van der Waals surface area (Å²) in [5.74, 6) is 0.547. The van der Waals surface area contributed by atoms with Crippen LogP contribution in [0.3, 0.4) is 0 Å². The van der Waals surface area contributed by atoms with E-state index in [0.29, 0.717) is 5.92 Å². The van der Waals surface area contributed by atoms with Gasteiger partial charge in [-0.25, -0.2) is 0 Å². The lowest BCUT2D eigenvalue weighted by Gasteiger charge is -2.22. The van der Waals surface area contributed by atoms with Gasteiger partial charge < -0.3 is 9.47 Å². The lowest BCUT2D eigenvalue weighted by Crippen LogP contribution is -2.17. The molecule has 4 heteroatoms. The van der Waals surface area contributed by atoms with Gasteiger partial charge in [0.1, 0.15) is 5.60 Å². The summed E-state index contributed by atoms with van der Waals surface area (Å²) in [6, 6.07) is 0. The summed E-state index contributed by atoms with van der Waals surface area (Å²) in [5.41, 5.74) is 2.44. The minimum atomic E-state index is -0.0676. The molecule has 88 valence electrons. The quantitative estimate of drug-likeness (QED) is 0.713. The van der Waals surface area contributed by atoms with Gasteiger partial charge in [0.05, 0.1) is 12.3 Å². The minimum absolute atomic E-state index is 0.0676. The minimum Gasteiger partial charge on any atom is -0.381 e. The fourth-order valence-corrected chi connectivity index (χ4v) is 2.45. The Morgan fingerprint density at radius 2 is 2.12 bits per heavy atom. The van der Waals surface area contributed by atoms with Gasteiger partial charge in [-0.3, -0.25) is 4.68 Å². The van der Waals surface area contributed by atoms with Crippen molar-refractivity contribution in [3.63, 3.8) is 0 Å². The molecule has 1 aromatic heterocycles. The maximum atomic E-state index is 5.54. The Kier molecular flexibility index (Phi) is 2.30. The van der Waals surface area contributed by atoms with Crippen molar-refractivity contribution in [1.29, 1.82) is 0 Å². The van der Waals surface area contributed by atoms with Crippen LogP contribution in [0.5, 0.6) is 0 Å². The SMILES string of the molecule is Cn1cc(C2(C)CO2)c(C2CCOCC2)n1. The van der Waals surface area contributed by atoms with Crippen molar-refractivity contribution in [2.24, 2.45) is 7.05 Å². The summed E-state index contributed by atoms with van der Waals surface area (Å²) in [7, 11) is 1.98. The average molecular weight is 222 g/mol. The van der Waals surface area contributed by atoms with Crippen molar-refractivity contribution in [2.75, 3.05) is 19.8 Å². The molecule has 0 bridgehead atoms. The normalized spacial score (nSPS) is 30.6. The Bertz CT molecular complexity index is 390. The second-order valence-electron chi connectivity index (χ2n) is 5.01. The van der Waals surface area contributed by atoms with E-state index in [4.69, 9.17) is 9.47 Å². The first-order chi connectivity index (χ1) is 7.69. The molecule has 2 fully saturated rings. The number of ether oxygens (including phenoxy) is 2. The molecule has 0 N–H and O–H groups in total. The third-order valence-corrected chi connectivity index (χ3v) is 3.61. The van der Waals surface area contributed by atoms with Crippen molar-refractivity contribution in [2.45, 2.75) is 31.3 Å². The largest absolute Gasteiger partial charge is 0.381 e. The Labute approximate surface area is 95.5 Å². The van der Waals surface area contributed by atoms with Gasteiger partial charge in [-0.15, -0.1) is 0 Å². The lowest BCUT2D eigenvalue weighted by atomic mass is 9.90. The molecular weight excluding hydrogens is 204 g/mol. The first-order valence-electron chi connectivity index (χ1n) is 5.95. The average Bonchev–Trinajstić information content (AvgIpc) is 2.91. The first kappa shape index (κ1) is 10.3. The molecule has 0 aliphatic carbocycles. The first-order valence-corrected chi connectivity index (χ1v) is 5.95. The van der Waals surface area contributed by atoms with E-state index >= 15 is 0 Å². The second-order valence-corrected chi connectivity index (χ2v) is 5.01. The van der Waals surface area contributed by atoms with Crippen LogP contribution in [0.1, 0.15) is 36.9 Å². The highest BCUT2D eigenvalue weighted by Crippen LogP contribution is 2.42. The van der Waals surface area contributed by atoms with Crippen LogP contribution in [0, 0.1) is 0 Å². The summed E-state index contributed by atoms with van der Waals surface area (Å²) in [6.07, 6.45) is 4.28. The highest BCUT2D eigenvalue weighted by atomic mass is 16.6. The number of hydrogen-bond acceptors (Lipinski definition) is 3. The Morgan fingerprint density at radius 1 is 1.44 bits per heavy atom. The predicted molar refractivity (Wildman–Crippen MR) is 59.3 cm³/mol. The van der Waals surface area contributed by atoms with E-state index in [2.05, 4.69) is 18.2 Å². The zero-order valence-electron chi connectivity index (χ0n) is 9.90. The van der Waals surface area contributed by atoms with Crippen molar-refractivity contribution in [3.05, 3.63) is 17.5 Å². The molecule has 0 saturated carbocycles. The molecule has 4 nitrogen and oxygen atoms in total. The van der Waals surface area contributed by atoms with Crippen LogP contribution < -0.4 is 0 Å². The summed E-state index contributed by atoms with van der Waals surface area (Å²) in [6.45, 7) is 4.69. The van der Waals surface area contributed by atoms with Crippen molar-refractivity contribution in [1.82, 2.24) is 9.78 Å². The van der Waals surface area contributed by atoms with E-state index in [-0.39, 0.29) is 5.60 Å². The van der Waals surface area contributed by atoms with Crippen molar-refractivity contribution >= 4 is 0 Å². The summed E-state index contributed by atoms with van der Waals surface area (Å²) in [5, 5.41) is 4.62. The third kappa shape index (κ3) is 1.66. The van der Waals surface area contributed by atoms with Gasteiger partial charge in [0.25, 0.3) is 0 Å². The highest BCUT2D eigenvalue weighted by molar-refractivity contribution is 5.31. The molecule has 16 heavy (non-hydrogen) atoms. The van der Waals surface area contributed by atoms with Crippen LogP contribution in [0.2, 0.25) is 0 Å². The fourth-order valence-electron chi connectivity index (χ4n) is 2.45. The van der Waals surface area contributed by atoms with Crippen molar-refractivity contribution < 1.29 is 9.47 Å². The van der Waals surface area contributed by atoms with Gasteiger partial charge in [-0.1, -0.05) is 0 Å². The Balaban J connectivity index is 1.92. The maximum absolute atomic E-state index is 5.54. The van der Waals surface area contributed by atoms with Gasteiger partial charge in [0.2, 0.25) is 0 Å². The molecule has 0 spiro atoms. The fraction of sp³-hybridized carbons (Fsp3) is 0.750. The monoisotopic (exact) mass is 222 g/mol. The third-order valence-electron chi connectivity index (χ3n) is 3.61. The van der Waals surface area contributed by atoms with Gasteiger partial charge in [-0.2, -0.15) is 5.10 Å². The van der Waals surface area contributed by atoms with Gasteiger partial charge >= 0.3 is 0 Å². The lowest BCUT2D eigenvalue weighted by molar-refractivity contribution is 0.0839. The van der Waals surface area contributed by atoms with E-state index in [0.717, 1.165) is 32.7 Å². The molecule has 3 heterocycles. The molecule has 1 aromatic rings. The van der Waals surface area contributed by atoms with Gasteiger partial charge in [0.15, 0.2) is 0 Å². The summed E-state index contributed by atoms with van der Waals surface area (Å²) < 4.78 is 12.9. The zero-order chi connectivity index (χ0) is 11.2. The van der Waals surface area contributed by atoms with E-state index in [1.165, 1.54) is 11.3 Å². The van der Waals surface area contributed by atoms with Crippen LogP contribution in [0.25, 0.3) is 0 Å². The van der Waals surface area contributed by atoms with Crippen LogP contribution >= 0.6 is 0 Å². The number of hydrogen-bond donors (Lipinski definition) is 0. The topological polar surface area (TPSA) is 39.6 Å². The standard InChI is InChI=1S/C12H18N2O2/c1-12(8-16-12)10-7-14(2)13-11(10)9-3-5-15-6-4-9/h7,9H,3-6,8H2,1-2H3. The number of rotatable bonds is 2. The van der Waals surface area contributed by atoms with Crippen molar-refractivity contribution in [3.8, 4) is 0 Å². The van der Waals surface area contributed by atoms with Crippen LogP contribution in [0.4, 0.5) is 0 Å². The second kappa shape index (κ2) is 3.57. The molecular formula is C12H18N2O2. The summed E-state index contributed by atoms with van der Waals surface area (Å²) in [4.78, 5) is 0. The Hall–Kier alpha value is -0.870. The zero-order valence-corrected chi connectivity index (χ0v) is 9.90. The molecule has 0 radical (unpaired) electrons.